The molecule has 0 spiro atoms. The molecule has 2 bridgehead atoms. The highest BCUT2D eigenvalue weighted by Crippen LogP contribution is 2.52. The predicted octanol–water partition coefficient (Wildman–Crippen LogP) is 2.96. The van der Waals surface area contributed by atoms with Gasteiger partial charge in [-0.3, -0.25) is 14.8 Å². The first-order valence-corrected chi connectivity index (χ1v) is 10.2. The van der Waals surface area contributed by atoms with E-state index in [9.17, 15) is 4.79 Å². The van der Waals surface area contributed by atoms with Crippen LogP contribution in [0.3, 0.4) is 0 Å². The molecule has 4 heterocycles. The smallest absolute Gasteiger partial charge is 0.227 e. The zero-order chi connectivity index (χ0) is 17.3. The van der Waals surface area contributed by atoms with Gasteiger partial charge in [-0.25, -0.2) is 0 Å². The number of aromatic amines is 1. The molecule has 2 aromatic rings. The van der Waals surface area contributed by atoms with Crippen molar-refractivity contribution in [1.29, 1.82) is 0 Å². The van der Waals surface area contributed by atoms with E-state index in [0.717, 1.165) is 37.9 Å². The lowest BCUT2D eigenvalue weighted by Crippen LogP contribution is -2.49. The molecule has 3 atom stereocenters. The number of carbonyl (C=O) groups is 1. The number of H-pyrrole nitrogens is 1. The van der Waals surface area contributed by atoms with Crippen LogP contribution in [0, 0.1) is 5.41 Å². The van der Waals surface area contributed by atoms with Gasteiger partial charge in [0.2, 0.25) is 5.91 Å². The van der Waals surface area contributed by atoms with Crippen molar-refractivity contribution in [3.8, 4) is 0 Å². The Kier molecular flexibility index (Phi) is 4.65. The lowest BCUT2D eigenvalue weighted by atomic mass is 9.71. The van der Waals surface area contributed by atoms with E-state index in [1.165, 1.54) is 12.0 Å². The van der Waals surface area contributed by atoms with Crippen LogP contribution in [0.4, 0.5) is 0 Å². The van der Waals surface area contributed by atoms with Crippen LogP contribution >= 0.6 is 11.3 Å². The van der Waals surface area contributed by atoms with Crippen LogP contribution in [0.15, 0.2) is 29.1 Å². The number of amides is 1. The maximum Gasteiger partial charge on any atom is 0.227 e. The predicted molar refractivity (Wildman–Crippen MR) is 99.3 cm³/mol. The van der Waals surface area contributed by atoms with E-state index < -0.39 is 0 Å². The Morgan fingerprint density at radius 1 is 1.48 bits per heavy atom. The number of rotatable bonds is 7. The molecule has 1 amide bonds. The third kappa shape index (κ3) is 3.02. The summed E-state index contributed by atoms with van der Waals surface area (Å²) in [5, 5.41) is 14.5. The molecule has 2 fully saturated rings. The van der Waals surface area contributed by atoms with Crippen molar-refractivity contribution in [3.63, 3.8) is 0 Å². The SMILES string of the molecule is CC[C@@]1(C(=O)NCCc2ccn[nH]2)C[C@@H]2CC[C@H]1N2Cc1ccsc1. The average molecular weight is 359 g/mol. The summed E-state index contributed by atoms with van der Waals surface area (Å²) in [6.07, 6.45) is 6.87. The Bertz CT molecular complexity index is 699. The van der Waals surface area contributed by atoms with E-state index in [1.54, 1.807) is 17.5 Å². The first-order chi connectivity index (χ1) is 12.2. The van der Waals surface area contributed by atoms with Gasteiger partial charge in [-0.05, 0) is 54.1 Å². The number of hydrogen-bond donors (Lipinski definition) is 2. The van der Waals surface area contributed by atoms with Gasteiger partial charge in [0.05, 0.1) is 5.41 Å². The Balaban J connectivity index is 1.42. The first kappa shape index (κ1) is 16.8. The number of thiophene rings is 1. The topological polar surface area (TPSA) is 61.0 Å². The van der Waals surface area contributed by atoms with Gasteiger partial charge >= 0.3 is 0 Å². The summed E-state index contributed by atoms with van der Waals surface area (Å²) in [5.41, 5.74) is 2.23. The van der Waals surface area contributed by atoms with Gasteiger partial charge in [-0.2, -0.15) is 16.4 Å². The Morgan fingerprint density at radius 2 is 2.40 bits per heavy atom. The van der Waals surface area contributed by atoms with Crippen molar-refractivity contribution in [2.75, 3.05) is 6.54 Å². The van der Waals surface area contributed by atoms with Crippen molar-refractivity contribution < 1.29 is 4.79 Å². The largest absolute Gasteiger partial charge is 0.355 e. The number of hydrogen-bond acceptors (Lipinski definition) is 4. The maximum absolute atomic E-state index is 13.1. The van der Waals surface area contributed by atoms with Gasteiger partial charge in [0.25, 0.3) is 0 Å². The van der Waals surface area contributed by atoms with Crippen molar-refractivity contribution in [2.24, 2.45) is 5.41 Å². The highest BCUT2D eigenvalue weighted by molar-refractivity contribution is 7.07. The molecule has 0 saturated carbocycles. The van der Waals surface area contributed by atoms with E-state index in [2.05, 4.69) is 44.2 Å². The van der Waals surface area contributed by atoms with Crippen molar-refractivity contribution in [2.45, 2.75) is 57.7 Å². The second-order valence-corrected chi connectivity index (χ2v) is 8.13. The van der Waals surface area contributed by atoms with Crippen LogP contribution in [-0.4, -0.2) is 39.6 Å². The normalized spacial score (nSPS) is 28.5. The molecule has 2 aliphatic rings. The fraction of sp³-hybridized carbons (Fsp3) is 0.579. The standard InChI is InChI=1S/C19H26N4OS/c1-2-19(18(24)20-8-5-15-6-9-21-22-15)11-16-3-4-17(19)23(16)12-14-7-10-25-13-14/h6-7,9-10,13,16-17H,2-5,8,11-12H2,1H3,(H,20,24)(H,21,22)/t16-,17+,19+/m0/s1. The van der Waals surface area contributed by atoms with E-state index in [4.69, 9.17) is 0 Å². The fourth-order valence-electron chi connectivity index (χ4n) is 4.83. The van der Waals surface area contributed by atoms with Crippen LogP contribution in [0.1, 0.15) is 43.9 Å². The summed E-state index contributed by atoms with van der Waals surface area (Å²) in [6, 6.07) is 5.11. The van der Waals surface area contributed by atoms with Crippen LogP contribution in [0.2, 0.25) is 0 Å². The highest BCUT2D eigenvalue weighted by atomic mass is 32.1. The number of fused-ring (bicyclic) bond motifs is 2. The molecule has 2 saturated heterocycles. The van der Waals surface area contributed by atoms with Crippen LogP contribution in [0.25, 0.3) is 0 Å². The molecule has 0 unspecified atom stereocenters. The molecule has 5 nitrogen and oxygen atoms in total. The quantitative estimate of drug-likeness (QED) is 0.800. The minimum absolute atomic E-state index is 0.215. The van der Waals surface area contributed by atoms with Gasteiger partial charge in [-0.15, -0.1) is 0 Å². The summed E-state index contributed by atoms with van der Waals surface area (Å²) in [7, 11) is 0. The minimum atomic E-state index is -0.215. The first-order valence-electron chi connectivity index (χ1n) is 9.26. The zero-order valence-electron chi connectivity index (χ0n) is 14.7. The number of carbonyl (C=O) groups excluding carboxylic acids is 1. The highest BCUT2D eigenvalue weighted by Gasteiger charge is 2.58. The van der Waals surface area contributed by atoms with Gasteiger partial charge < -0.3 is 5.32 Å². The van der Waals surface area contributed by atoms with Crippen LogP contribution < -0.4 is 5.32 Å². The second kappa shape index (κ2) is 6.92. The summed E-state index contributed by atoms with van der Waals surface area (Å²) in [6.45, 7) is 3.84. The minimum Gasteiger partial charge on any atom is -0.355 e. The monoisotopic (exact) mass is 358 g/mol. The van der Waals surface area contributed by atoms with Gasteiger partial charge in [0.15, 0.2) is 0 Å². The van der Waals surface area contributed by atoms with E-state index >= 15 is 0 Å². The third-order valence-electron chi connectivity index (χ3n) is 6.15. The Morgan fingerprint density at radius 3 is 3.12 bits per heavy atom. The Hall–Kier alpha value is -1.66. The summed E-state index contributed by atoms with van der Waals surface area (Å²) in [5.74, 6) is 0.247. The van der Waals surface area contributed by atoms with E-state index in [0.29, 0.717) is 18.6 Å². The molecule has 2 aromatic heterocycles. The van der Waals surface area contributed by atoms with E-state index in [-0.39, 0.29) is 11.3 Å². The molecule has 2 aliphatic heterocycles. The van der Waals surface area contributed by atoms with Crippen molar-refractivity contribution >= 4 is 17.2 Å². The molecule has 134 valence electrons. The third-order valence-corrected chi connectivity index (χ3v) is 6.88. The van der Waals surface area contributed by atoms with Gasteiger partial charge in [0.1, 0.15) is 0 Å². The molecule has 0 aromatic carbocycles. The van der Waals surface area contributed by atoms with Crippen LogP contribution in [0.5, 0.6) is 0 Å². The lowest BCUT2D eigenvalue weighted by molar-refractivity contribution is -0.133. The molecular formula is C19H26N4OS. The number of nitrogens with zero attached hydrogens (tertiary/aromatic N) is 2. The maximum atomic E-state index is 13.1. The van der Waals surface area contributed by atoms with Crippen molar-refractivity contribution in [1.82, 2.24) is 20.4 Å². The molecule has 0 radical (unpaired) electrons. The van der Waals surface area contributed by atoms with Crippen LogP contribution in [-0.2, 0) is 17.8 Å². The molecule has 2 N–H and O–H groups in total. The van der Waals surface area contributed by atoms with Gasteiger partial charge in [-0.1, -0.05) is 6.92 Å². The molecule has 6 heteroatoms. The van der Waals surface area contributed by atoms with E-state index in [1.807, 2.05) is 6.07 Å². The summed E-state index contributed by atoms with van der Waals surface area (Å²) in [4.78, 5) is 15.7. The van der Waals surface area contributed by atoms with Gasteiger partial charge in [0, 0.05) is 43.5 Å². The molecule has 4 rings (SSSR count). The summed E-state index contributed by atoms with van der Waals surface area (Å²) >= 11 is 1.75. The number of nitrogens with one attached hydrogen (secondary N) is 2. The summed E-state index contributed by atoms with van der Waals surface area (Å²) < 4.78 is 0. The molecule has 0 aliphatic carbocycles. The van der Waals surface area contributed by atoms with Crippen molar-refractivity contribution in [3.05, 3.63) is 40.3 Å². The Labute approximate surface area is 152 Å². The second-order valence-electron chi connectivity index (χ2n) is 7.35. The fourth-order valence-corrected chi connectivity index (χ4v) is 5.49. The molecule has 25 heavy (non-hydrogen) atoms. The molecular weight excluding hydrogens is 332 g/mol. The zero-order valence-corrected chi connectivity index (χ0v) is 15.5. The average Bonchev–Trinajstić information content (AvgIpc) is 3.40. The lowest BCUT2D eigenvalue weighted by Gasteiger charge is -2.35. The number of aromatic nitrogens is 2.